The number of aromatic nitrogens is 4. The number of hydrogen-bond acceptors (Lipinski definition) is 6. The molecule has 2 atom stereocenters. The van der Waals surface area contributed by atoms with Crippen LogP contribution in [0.1, 0.15) is 6.92 Å². The monoisotopic (exact) mass is 405 g/mol. The molecule has 7 nitrogen and oxygen atoms in total. The van der Waals surface area contributed by atoms with Crippen molar-refractivity contribution in [2.75, 3.05) is 10.2 Å². The summed E-state index contributed by atoms with van der Waals surface area (Å²) in [6, 6.07) is 10.4. The first-order valence-electron chi connectivity index (χ1n) is 9.38. The van der Waals surface area contributed by atoms with Crippen molar-refractivity contribution in [3.63, 3.8) is 0 Å². The molecule has 2 aromatic carbocycles. The maximum Gasteiger partial charge on any atom is 0.182 e. The molecule has 0 aliphatic carbocycles. The Bertz CT molecular complexity index is 1350. The first-order chi connectivity index (χ1) is 14.6. The summed E-state index contributed by atoms with van der Waals surface area (Å²) in [6.07, 6.45) is 4.34. The van der Waals surface area contributed by atoms with E-state index in [1.54, 1.807) is 30.7 Å². The molecular formula is C21H17F2N7. The average molecular weight is 405 g/mol. The first-order valence-corrected chi connectivity index (χ1v) is 9.38. The summed E-state index contributed by atoms with van der Waals surface area (Å²) in [6.45, 7) is 1.95. The second-order valence-corrected chi connectivity index (χ2v) is 7.02. The number of nitrogens with zero attached hydrogens (tertiary/aromatic N) is 5. The first kappa shape index (κ1) is 18.2. The Morgan fingerprint density at radius 2 is 1.93 bits per heavy atom. The Morgan fingerprint density at radius 1 is 1.07 bits per heavy atom. The van der Waals surface area contributed by atoms with Gasteiger partial charge in [-0.15, -0.1) is 0 Å². The van der Waals surface area contributed by atoms with Gasteiger partial charge in [0.25, 0.3) is 0 Å². The van der Waals surface area contributed by atoms with Gasteiger partial charge in [0.1, 0.15) is 29.6 Å². The molecule has 0 spiro atoms. The van der Waals surface area contributed by atoms with Crippen LogP contribution in [-0.2, 0) is 0 Å². The minimum Gasteiger partial charge on any atom is -0.362 e. The van der Waals surface area contributed by atoms with Gasteiger partial charge in [0.15, 0.2) is 11.5 Å². The quantitative estimate of drug-likeness (QED) is 0.545. The van der Waals surface area contributed by atoms with E-state index in [1.807, 2.05) is 11.8 Å². The van der Waals surface area contributed by atoms with Gasteiger partial charge in [-0.3, -0.25) is 4.99 Å². The number of anilines is 2. The number of imidazole rings is 1. The third-order valence-electron chi connectivity index (χ3n) is 4.97. The second kappa shape index (κ2) is 7.18. The molecule has 2 unspecified atom stereocenters. The van der Waals surface area contributed by atoms with E-state index in [0.29, 0.717) is 33.2 Å². The van der Waals surface area contributed by atoms with E-state index < -0.39 is 6.17 Å². The van der Waals surface area contributed by atoms with Gasteiger partial charge in [-0.05, 0) is 43.3 Å². The van der Waals surface area contributed by atoms with E-state index in [0.717, 1.165) is 0 Å². The Morgan fingerprint density at radius 3 is 2.80 bits per heavy atom. The number of fused-ring (bicyclic) bond motifs is 2. The lowest BCUT2D eigenvalue weighted by atomic mass is 10.1. The molecule has 30 heavy (non-hydrogen) atoms. The van der Waals surface area contributed by atoms with Gasteiger partial charge < -0.3 is 15.2 Å². The molecule has 3 heterocycles. The van der Waals surface area contributed by atoms with E-state index in [9.17, 15) is 8.78 Å². The highest BCUT2D eigenvalue weighted by atomic mass is 19.1. The lowest BCUT2D eigenvalue weighted by Crippen LogP contribution is -2.49. The molecule has 9 heteroatoms. The van der Waals surface area contributed by atoms with Crippen LogP contribution in [0, 0.1) is 11.6 Å². The van der Waals surface area contributed by atoms with Crippen LogP contribution in [0.5, 0.6) is 0 Å². The van der Waals surface area contributed by atoms with Crippen molar-refractivity contribution < 1.29 is 8.78 Å². The molecule has 4 aromatic rings. The van der Waals surface area contributed by atoms with E-state index in [1.165, 1.54) is 30.6 Å². The van der Waals surface area contributed by atoms with Crippen LogP contribution >= 0.6 is 0 Å². The van der Waals surface area contributed by atoms with Crippen LogP contribution in [0.4, 0.5) is 20.3 Å². The van der Waals surface area contributed by atoms with Gasteiger partial charge in [-0.1, -0.05) is 6.07 Å². The van der Waals surface area contributed by atoms with Crippen molar-refractivity contribution in [2.24, 2.45) is 4.99 Å². The zero-order chi connectivity index (χ0) is 20.7. The van der Waals surface area contributed by atoms with Crippen LogP contribution in [-0.4, -0.2) is 32.1 Å². The van der Waals surface area contributed by atoms with Gasteiger partial charge in [0.05, 0.1) is 17.7 Å². The number of hydrogen-bond donors (Lipinski definition) is 2. The Labute approximate surface area is 169 Å². The Balaban J connectivity index is 1.58. The fraction of sp³-hybridized carbons (Fsp3) is 0.143. The molecule has 5 rings (SSSR count). The van der Waals surface area contributed by atoms with Crippen LogP contribution in [0.3, 0.4) is 0 Å². The largest absolute Gasteiger partial charge is 0.362 e. The average Bonchev–Trinajstić information content (AvgIpc) is 3.22. The van der Waals surface area contributed by atoms with Crippen molar-refractivity contribution in [3.05, 3.63) is 77.3 Å². The number of halogens is 2. The number of nitrogens with one attached hydrogen (secondary N) is 2. The fourth-order valence-electron chi connectivity index (χ4n) is 3.56. The third kappa shape index (κ3) is 3.24. The van der Waals surface area contributed by atoms with Crippen LogP contribution in [0.2, 0.25) is 0 Å². The molecule has 1 aliphatic rings. The third-order valence-corrected chi connectivity index (χ3v) is 4.97. The molecule has 0 saturated carbocycles. The van der Waals surface area contributed by atoms with Gasteiger partial charge >= 0.3 is 0 Å². The molecule has 0 fully saturated rings. The minimum absolute atomic E-state index is 0.246. The lowest BCUT2D eigenvalue weighted by Gasteiger charge is -2.34. The molecule has 0 bridgehead atoms. The number of H-pyrrole nitrogens is 1. The summed E-state index contributed by atoms with van der Waals surface area (Å²) in [7, 11) is 0. The van der Waals surface area contributed by atoms with Crippen molar-refractivity contribution in [1.82, 2.24) is 19.9 Å². The predicted molar refractivity (Wildman–Crippen MR) is 109 cm³/mol. The highest BCUT2D eigenvalue weighted by Crippen LogP contribution is 2.24. The van der Waals surface area contributed by atoms with E-state index >= 15 is 0 Å². The van der Waals surface area contributed by atoms with E-state index in [-0.39, 0.29) is 17.7 Å². The molecule has 2 N–H and O–H groups in total. The Hall–Kier alpha value is -3.88. The number of aromatic amines is 1. The van der Waals surface area contributed by atoms with E-state index in [2.05, 4.69) is 25.3 Å². The second-order valence-electron chi connectivity index (χ2n) is 7.02. The van der Waals surface area contributed by atoms with Crippen LogP contribution in [0.15, 0.2) is 60.1 Å². The zero-order valence-corrected chi connectivity index (χ0v) is 15.9. The highest BCUT2D eigenvalue weighted by Gasteiger charge is 2.26. The molecule has 0 amide bonds. The zero-order valence-electron chi connectivity index (χ0n) is 15.9. The molecule has 2 aromatic heterocycles. The van der Waals surface area contributed by atoms with Gasteiger partial charge in [-0.25, -0.2) is 23.7 Å². The predicted octanol–water partition coefficient (Wildman–Crippen LogP) is 2.34. The molecule has 0 radical (unpaired) electrons. The topological polar surface area (TPSA) is 82.1 Å². The Kier molecular flexibility index (Phi) is 4.35. The summed E-state index contributed by atoms with van der Waals surface area (Å²) in [5.41, 5.74) is 1.85. The number of benzene rings is 2. The van der Waals surface area contributed by atoms with Crippen molar-refractivity contribution in [2.45, 2.75) is 19.1 Å². The summed E-state index contributed by atoms with van der Waals surface area (Å²) < 4.78 is 27.7. The molecule has 0 saturated heterocycles. The highest BCUT2D eigenvalue weighted by molar-refractivity contribution is 5.82. The lowest BCUT2D eigenvalue weighted by molar-refractivity contribution is 0.578. The summed E-state index contributed by atoms with van der Waals surface area (Å²) in [4.78, 5) is 22.2. The molecule has 1 aliphatic heterocycles. The van der Waals surface area contributed by atoms with Crippen LogP contribution < -0.4 is 20.8 Å². The summed E-state index contributed by atoms with van der Waals surface area (Å²) in [5, 5.41) is 4.64. The van der Waals surface area contributed by atoms with E-state index in [4.69, 9.17) is 4.99 Å². The molecule has 150 valence electrons. The van der Waals surface area contributed by atoms with Gasteiger partial charge in [-0.2, -0.15) is 0 Å². The van der Waals surface area contributed by atoms with Gasteiger partial charge in [0.2, 0.25) is 0 Å². The maximum atomic E-state index is 13.9. The van der Waals surface area contributed by atoms with Crippen molar-refractivity contribution in [1.29, 1.82) is 0 Å². The summed E-state index contributed by atoms with van der Waals surface area (Å²) in [5.74, 6) is -0.129. The van der Waals surface area contributed by atoms with Crippen molar-refractivity contribution >= 4 is 28.9 Å². The SMILES string of the molecule is CC(Nc1ncnc2nc[nH]c12)C1N=c2ccc(F)cc2=CN1c1cccc(F)c1. The van der Waals surface area contributed by atoms with Crippen LogP contribution in [0.25, 0.3) is 17.4 Å². The normalized spacial score (nSPS) is 16.5. The molecular weight excluding hydrogens is 388 g/mol. The van der Waals surface area contributed by atoms with Gasteiger partial charge in [0, 0.05) is 17.1 Å². The maximum absolute atomic E-state index is 13.9. The minimum atomic E-state index is -0.433. The van der Waals surface area contributed by atoms with Crippen molar-refractivity contribution in [3.8, 4) is 0 Å². The number of rotatable bonds is 4. The summed E-state index contributed by atoms with van der Waals surface area (Å²) >= 11 is 0. The fourth-order valence-corrected chi connectivity index (χ4v) is 3.56. The standard InChI is InChI=1S/C21H17F2N7/c1-12(28-20-18-19(25-10-24-18)26-11-27-20)21-29-17-6-5-15(23)7-13(17)9-30(21)16-4-2-3-14(22)8-16/h2-12,21H,1H3,(H2,24,25,26,27,28). The smallest absolute Gasteiger partial charge is 0.182 e.